The lowest BCUT2D eigenvalue weighted by atomic mass is 10.1. The molecule has 0 aliphatic heterocycles. The van der Waals surface area contributed by atoms with Crippen molar-refractivity contribution in [3.05, 3.63) is 24.3 Å². The van der Waals surface area contributed by atoms with Gasteiger partial charge >= 0.3 is 0 Å². The summed E-state index contributed by atoms with van der Waals surface area (Å²) in [4.78, 5) is 0. The summed E-state index contributed by atoms with van der Waals surface area (Å²) in [5.41, 5.74) is 1.39. The van der Waals surface area contributed by atoms with Gasteiger partial charge in [0.1, 0.15) is 0 Å². The SMILES string of the molecule is C=C/C(=C\CCC)CCCCOC. The van der Waals surface area contributed by atoms with Gasteiger partial charge in [-0.3, -0.25) is 0 Å². The van der Waals surface area contributed by atoms with Crippen LogP contribution in [-0.2, 0) is 4.74 Å². The summed E-state index contributed by atoms with van der Waals surface area (Å²) in [6, 6.07) is 0. The van der Waals surface area contributed by atoms with Crippen molar-refractivity contribution >= 4 is 0 Å². The van der Waals surface area contributed by atoms with E-state index < -0.39 is 0 Å². The Morgan fingerprint density at radius 1 is 1.38 bits per heavy atom. The van der Waals surface area contributed by atoms with E-state index in [0.29, 0.717) is 0 Å². The molecule has 0 aromatic heterocycles. The van der Waals surface area contributed by atoms with Gasteiger partial charge in [0, 0.05) is 13.7 Å². The number of rotatable bonds is 8. The fourth-order valence-corrected chi connectivity index (χ4v) is 1.19. The van der Waals surface area contributed by atoms with Gasteiger partial charge in [-0.2, -0.15) is 0 Å². The van der Waals surface area contributed by atoms with Crippen LogP contribution in [0.15, 0.2) is 24.3 Å². The Morgan fingerprint density at radius 2 is 2.15 bits per heavy atom. The quantitative estimate of drug-likeness (QED) is 0.410. The molecule has 0 spiro atoms. The Bertz CT molecular complexity index is 147. The standard InChI is InChI=1S/C12H22O/c1-4-6-9-12(5-2)10-7-8-11-13-3/h5,9H,2,4,6-8,10-11H2,1,3H3/b12-9+. The second-order valence-electron chi connectivity index (χ2n) is 3.22. The predicted molar refractivity (Wildman–Crippen MR) is 58.9 cm³/mol. The minimum atomic E-state index is 0.873. The summed E-state index contributed by atoms with van der Waals surface area (Å²) >= 11 is 0. The molecule has 0 heterocycles. The molecule has 0 aliphatic carbocycles. The highest BCUT2D eigenvalue weighted by atomic mass is 16.5. The number of ether oxygens (including phenoxy) is 1. The monoisotopic (exact) mass is 182 g/mol. The molecule has 0 saturated carbocycles. The maximum absolute atomic E-state index is 4.99. The van der Waals surface area contributed by atoms with Crippen molar-refractivity contribution in [3.63, 3.8) is 0 Å². The molecular weight excluding hydrogens is 160 g/mol. The van der Waals surface area contributed by atoms with Crippen LogP contribution in [-0.4, -0.2) is 13.7 Å². The van der Waals surface area contributed by atoms with Crippen LogP contribution in [0.5, 0.6) is 0 Å². The molecular formula is C12H22O. The summed E-state index contributed by atoms with van der Waals surface area (Å²) in [6.45, 7) is 6.88. The fourth-order valence-electron chi connectivity index (χ4n) is 1.19. The van der Waals surface area contributed by atoms with Gasteiger partial charge in [-0.05, 0) is 25.7 Å². The van der Waals surface area contributed by atoms with Crippen LogP contribution >= 0.6 is 0 Å². The van der Waals surface area contributed by atoms with Crippen LogP contribution in [0.3, 0.4) is 0 Å². The zero-order valence-corrected chi connectivity index (χ0v) is 9.01. The highest BCUT2D eigenvalue weighted by molar-refractivity contribution is 5.15. The lowest BCUT2D eigenvalue weighted by molar-refractivity contribution is 0.193. The average molecular weight is 182 g/mol. The Kier molecular flexibility index (Phi) is 9.12. The Morgan fingerprint density at radius 3 is 2.69 bits per heavy atom. The van der Waals surface area contributed by atoms with Gasteiger partial charge in [0.15, 0.2) is 0 Å². The lowest BCUT2D eigenvalue weighted by Gasteiger charge is -2.01. The summed E-state index contributed by atoms with van der Waals surface area (Å²) in [7, 11) is 1.75. The molecule has 0 unspecified atom stereocenters. The van der Waals surface area contributed by atoms with E-state index in [1.54, 1.807) is 7.11 Å². The fraction of sp³-hybridized carbons (Fsp3) is 0.667. The molecule has 13 heavy (non-hydrogen) atoms. The van der Waals surface area contributed by atoms with E-state index in [4.69, 9.17) is 4.74 Å². The van der Waals surface area contributed by atoms with Gasteiger partial charge in [-0.15, -0.1) is 0 Å². The zero-order chi connectivity index (χ0) is 9.94. The van der Waals surface area contributed by atoms with E-state index in [-0.39, 0.29) is 0 Å². The molecule has 1 heteroatoms. The van der Waals surface area contributed by atoms with E-state index in [1.165, 1.54) is 24.8 Å². The Hall–Kier alpha value is -0.560. The maximum Gasteiger partial charge on any atom is 0.0462 e. The minimum absolute atomic E-state index is 0.873. The summed E-state index contributed by atoms with van der Waals surface area (Å²) < 4.78 is 4.99. The van der Waals surface area contributed by atoms with Gasteiger partial charge in [0.2, 0.25) is 0 Å². The van der Waals surface area contributed by atoms with Crippen LogP contribution in [0.1, 0.15) is 39.0 Å². The topological polar surface area (TPSA) is 9.23 Å². The first-order chi connectivity index (χ1) is 6.35. The van der Waals surface area contributed by atoms with E-state index >= 15 is 0 Å². The average Bonchev–Trinajstić information content (AvgIpc) is 2.17. The van der Waals surface area contributed by atoms with E-state index in [1.807, 2.05) is 6.08 Å². The maximum atomic E-state index is 4.99. The first-order valence-electron chi connectivity index (χ1n) is 5.15. The second-order valence-corrected chi connectivity index (χ2v) is 3.22. The van der Waals surface area contributed by atoms with Gasteiger partial charge in [-0.25, -0.2) is 0 Å². The largest absolute Gasteiger partial charge is 0.385 e. The molecule has 0 atom stereocenters. The Labute approximate surface area is 82.5 Å². The molecule has 0 aromatic carbocycles. The van der Waals surface area contributed by atoms with Crippen LogP contribution in [0.2, 0.25) is 0 Å². The van der Waals surface area contributed by atoms with Gasteiger partial charge in [-0.1, -0.05) is 37.6 Å². The molecule has 0 N–H and O–H groups in total. The summed E-state index contributed by atoms with van der Waals surface area (Å²) in [6.07, 6.45) is 10.2. The van der Waals surface area contributed by atoms with Gasteiger partial charge in [0.25, 0.3) is 0 Å². The second kappa shape index (κ2) is 9.53. The smallest absolute Gasteiger partial charge is 0.0462 e. The van der Waals surface area contributed by atoms with Crippen molar-refractivity contribution in [2.24, 2.45) is 0 Å². The summed E-state index contributed by atoms with van der Waals surface area (Å²) in [5.74, 6) is 0. The molecule has 0 fully saturated rings. The van der Waals surface area contributed by atoms with E-state index in [2.05, 4.69) is 19.6 Å². The van der Waals surface area contributed by atoms with E-state index in [0.717, 1.165) is 19.4 Å². The van der Waals surface area contributed by atoms with Gasteiger partial charge < -0.3 is 4.74 Å². The molecule has 0 aromatic rings. The summed E-state index contributed by atoms with van der Waals surface area (Å²) in [5, 5.41) is 0. The Balaban J connectivity index is 3.53. The zero-order valence-electron chi connectivity index (χ0n) is 9.01. The van der Waals surface area contributed by atoms with Crippen molar-refractivity contribution in [2.75, 3.05) is 13.7 Å². The highest BCUT2D eigenvalue weighted by Gasteiger charge is 1.92. The number of hydrogen-bond donors (Lipinski definition) is 0. The van der Waals surface area contributed by atoms with Crippen LogP contribution in [0.4, 0.5) is 0 Å². The highest BCUT2D eigenvalue weighted by Crippen LogP contribution is 2.10. The molecule has 0 bridgehead atoms. The van der Waals surface area contributed by atoms with Crippen molar-refractivity contribution in [1.82, 2.24) is 0 Å². The molecule has 0 radical (unpaired) electrons. The molecule has 76 valence electrons. The molecule has 0 rings (SSSR count). The normalized spacial score (nSPS) is 11.7. The predicted octanol–water partition coefficient (Wildman–Crippen LogP) is 3.72. The van der Waals surface area contributed by atoms with Gasteiger partial charge in [0.05, 0.1) is 0 Å². The molecule has 0 amide bonds. The minimum Gasteiger partial charge on any atom is -0.385 e. The first kappa shape index (κ1) is 12.4. The lowest BCUT2D eigenvalue weighted by Crippen LogP contribution is -1.89. The van der Waals surface area contributed by atoms with Crippen molar-refractivity contribution < 1.29 is 4.74 Å². The first-order valence-corrected chi connectivity index (χ1v) is 5.15. The number of unbranched alkanes of at least 4 members (excludes halogenated alkanes) is 2. The molecule has 1 nitrogen and oxygen atoms in total. The third-order valence-corrected chi connectivity index (χ3v) is 2.02. The number of allylic oxidation sites excluding steroid dienone is 3. The van der Waals surface area contributed by atoms with Crippen molar-refractivity contribution in [1.29, 1.82) is 0 Å². The third kappa shape index (κ3) is 7.79. The molecule has 0 aliphatic rings. The third-order valence-electron chi connectivity index (χ3n) is 2.02. The van der Waals surface area contributed by atoms with Crippen LogP contribution in [0, 0.1) is 0 Å². The number of hydrogen-bond acceptors (Lipinski definition) is 1. The van der Waals surface area contributed by atoms with Crippen LogP contribution in [0.25, 0.3) is 0 Å². The van der Waals surface area contributed by atoms with Crippen molar-refractivity contribution in [3.8, 4) is 0 Å². The van der Waals surface area contributed by atoms with Crippen LogP contribution < -0.4 is 0 Å². The molecule has 0 saturated heterocycles. The van der Waals surface area contributed by atoms with Crippen molar-refractivity contribution in [2.45, 2.75) is 39.0 Å². The number of methoxy groups -OCH3 is 1. The van der Waals surface area contributed by atoms with E-state index in [9.17, 15) is 0 Å².